The second-order valence-corrected chi connectivity index (χ2v) is 9.39. The van der Waals surface area contributed by atoms with Crippen molar-refractivity contribution in [3.05, 3.63) is 59.7 Å². The topological polar surface area (TPSA) is 90.9 Å². The first-order valence-electron chi connectivity index (χ1n) is 10.2. The van der Waals surface area contributed by atoms with E-state index in [9.17, 15) is 13.2 Å². The zero-order valence-corrected chi connectivity index (χ0v) is 17.8. The molecule has 2 aliphatic rings. The van der Waals surface area contributed by atoms with Gasteiger partial charge >= 0.3 is 0 Å². The van der Waals surface area contributed by atoms with E-state index < -0.39 is 16.1 Å². The molecule has 2 aromatic carbocycles. The van der Waals surface area contributed by atoms with Gasteiger partial charge in [-0.1, -0.05) is 24.3 Å². The molecule has 7 nitrogen and oxygen atoms in total. The highest BCUT2D eigenvalue weighted by Gasteiger charge is 2.31. The van der Waals surface area contributed by atoms with Gasteiger partial charge in [0.1, 0.15) is 11.9 Å². The number of benzene rings is 2. The number of amidine groups is 1. The molecule has 2 N–H and O–H groups in total. The number of hydrogen-bond donors (Lipinski definition) is 2. The summed E-state index contributed by atoms with van der Waals surface area (Å²) < 4.78 is 26.8. The minimum atomic E-state index is -3.62. The summed E-state index contributed by atoms with van der Waals surface area (Å²) in [6.45, 7) is 5.09. The average molecular weight is 427 g/mol. The molecule has 0 saturated carbocycles. The lowest BCUT2D eigenvalue weighted by atomic mass is 10.1. The van der Waals surface area contributed by atoms with Gasteiger partial charge in [0, 0.05) is 17.8 Å². The summed E-state index contributed by atoms with van der Waals surface area (Å²) in [6, 6.07) is 13.7. The highest BCUT2D eigenvalue weighted by atomic mass is 32.2. The summed E-state index contributed by atoms with van der Waals surface area (Å²) >= 11 is 0. The molecule has 0 unspecified atom stereocenters. The van der Waals surface area contributed by atoms with Gasteiger partial charge in [0.15, 0.2) is 0 Å². The third kappa shape index (κ3) is 4.55. The zero-order chi connectivity index (χ0) is 21.1. The molecule has 1 amide bonds. The molecule has 30 heavy (non-hydrogen) atoms. The Morgan fingerprint density at radius 1 is 1.13 bits per heavy atom. The van der Waals surface area contributed by atoms with E-state index in [0.717, 1.165) is 13.0 Å². The molecule has 2 aromatic rings. The minimum Gasteiger partial charge on any atom is -0.324 e. The van der Waals surface area contributed by atoms with Crippen LogP contribution in [0, 0.1) is 0 Å². The van der Waals surface area contributed by atoms with E-state index in [1.54, 1.807) is 25.1 Å². The fourth-order valence-electron chi connectivity index (χ4n) is 3.78. The number of likely N-dealkylation sites (tertiary alicyclic amines) is 1. The predicted molar refractivity (Wildman–Crippen MR) is 117 cm³/mol. The van der Waals surface area contributed by atoms with Crippen LogP contribution in [0.15, 0.2) is 58.4 Å². The summed E-state index contributed by atoms with van der Waals surface area (Å²) in [4.78, 5) is 19.5. The molecule has 0 spiro atoms. The Balaban J connectivity index is 1.37. The summed E-state index contributed by atoms with van der Waals surface area (Å²) in [5, 5.41) is 2.85. The Kier molecular flexibility index (Phi) is 5.87. The highest BCUT2D eigenvalue weighted by Crippen LogP contribution is 2.22. The van der Waals surface area contributed by atoms with Crippen molar-refractivity contribution in [2.75, 3.05) is 25.0 Å². The van der Waals surface area contributed by atoms with Crippen LogP contribution in [0.5, 0.6) is 0 Å². The van der Waals surface area contributed by atoms with Crippen LogP contribution in [0.2, 0.25) is 0 Å². The molecule has 0 aliphatic carbocycles. The zero-order valence-electron chi connectivity index (χ0n) is 17.0. The number of fused-ring (bicyclic) bond motifs is 1. The molecule has 0 bridgehead atoms. The van der Waals surface area contributed by atoms with Crippen LogP contribution in [0.4, 0.5) is 5.69 Å². The Labute approximate surface area is 177 Å². The van der Waals surface area contributed by atoms with Crippen LogP contribution in [0.1, 0.15) is 30.9 Å². The van der Waals surface area contributed by atoms with Crippen LogP contribution >= 0.6 is 0 Å². The molecule has 2 aliphatic heterocycles. The van der Waals surface area contributed by atoms with Crippen LogP contribution in [-0.2, 0) is 21.2 Å². The lowest BCUT2D eigenvalue weighted by Crippen LogP contribution is -2.28. The van der Waals surface area contributed by atoms with Crippen molar-refractivity contribution in [3.8, 4) is 0 Å². The number of anilines is 1. The van der Waals surface area contributed by atoms with Crippen molar-refractivity contribution in [1.82, 2.24) is 9.62 Å². The fraction of sp³-hybridized carbons (Fsp3) is 0.364. The third-order valence-corrected chi connectivity index (χ3v) is 6.90. The Morgan fingerprint density at radius 3 is 2.57 bits per heavy atom. The van der Waals surface area contributed by atoms with E-state index in [-0.39, 0.29) is 16.6 Å². The number of rotatable bonds is 6. The average Bonchev–Trinajstić information content (AvgIpc) is 3.34. The molecular formula is C22H26N4O3S. The lowest BCUT2D eigenvalue weighted by molar-refractivity contribution is -0.117. The van der Waals surface area contributed by atoms with Gasteiger partial charge < -0.3 is 10.2 Å². The molecular weight excluding hydrogens is 400 g/mol. The van der Waals surface area contributed by atoms with E-state index in [1.807, 2.05) is 24.3 Å². The van der Waals surface area contributed by atoms with Crippen LogP contribution in [0.25, 0.3) is 0 Å². The van der Waals surface area contributed by atoms with Gasteiger partial charge in [0.05, 0.1) is 4.90 Å². The lowest BCUT2D eigenvalue weighted by Gasteiger charge is -2.14. The van der Waals surface area contributed by atoms with Gasteiger partial charge in [-0.15, -0.1) is 0 Å². The van der Waals surface area contributed by atoms with Gasteiger partial charge in [0.25, 0.3) is 10.0 Å². The van der Waals surface area contributed by atoms with Crippen LogP contribution < -0.4 is 10.0 Å². The SMILES string of the molecule is C[C@H](N=C1NS(=O)(=O)c2ccccc21)C(=O)Nc1ccc(CCN2CCCC2)cc1. The monoisotopic (exact) mass is 426 g/mol. The molecule has 0 aromatic heterocycles. The normalized spacial score (nSPS) is 20.0. The van der Waals surface area contributed by atoms with E-state index >= 15 is 0 Å². The maximum Gasteiger partial charge on any atom is 0.263 e. The number of carbonyl (C=O) groups is 1. The second-order valence-electron chi connectivity index (χ2n) is 7.74. The van der Waals surface area contributed by atoms with Gasteiger partial charge in [-0.2, -0.15) is 0 Å². The van der Waals surface area contributed by atoms with E-state index in [1.165, 1.54) is 37.6 Å². The maximum absolute atomic E-state index is 12.6. The number of aliphatic imine (C=N–C) groups is 1. The smallest absolute Gasteiger partial charge is 0.263 e. The third-order valence-electron chi connectivity index (χ3n) is 5.50. The van der Waals surface area contributed by atoms with Crippen molar-refractivity contribution in [1.29, 1.82) is 0 Å². The van der Waals surface area contributed by atoms with Gasteiger partial charge in [-0.05, 0) is 69.1 Å². The molecule has 0 radical (unpaired) electrons. The summed E-state index contributed by atoms with van der Waals surface area (Å²) in [5.74, 6) is -0.0959. The van der Waals surface area contributed by atoms with Crippen molar-refractivity contribution < 1.29 is 13.2 Å². The van der Waals surface area contributed by atoms with Crippen molar-refractivity contribution >= 4 is 27.5 Å². The van der Waals surface area contributed by atoms with E-state index in [2.05, 4.69) is 19.9 Å². The van der Waals surface area contributed by atoms with Crippen molar-refractivity contribution in [2.24, 2.45) is 4.99 Å². The number of hydrogen-bond acceptors (Lipinski definition) is 5. The predicted octanol–water partition coefficient (Wildman–Crippen LogP) is 2.39. The molecule has 2 heterocycles. The number of amides is 1. The summed E-state index contributed by atoms with van der Waals surface area (Å²) in [7, 11) is -3.62. The molecule has 1 fully saturated rings. The molecule has 8 heteroatoms. The van der Waals surface area contributed by atoms with Crippen molar-refractivity contribution in [2.45, 2.75) is 37.1 Å². The largest absolute Gasteiger partial charge is 0.324 e. The first-order valence-corrected chi connectivity index (χ1v) is 11.7. The Morgan fingerprint density at radius 2 is 1.83 bits per heavy atom. The Hall–Kier alpha value is -2.71. The van der Waals surface area contributed by atoms with Gasteiger partial charge in [-0.25, -0.2) is 8.42 Å². The summed E-state index contributed by atoms with van der Waals surface area (Å²) in [5.41, 5.74) is 2.43. The number of sulfonamides is 1. The van der Waals surface area contributed by atoms with Gasteiger partial charge in [-0.3, -0.25) is 14.5 Å². The number of carbonyl (C=O) groups excluding carboxylic acids is 1. The van der Waals surface area contributed by atoms with E-state index in [0.29, 0.717) is 11.3 Å². The quantitative estimate of drug-likeness (QED) is 0.742. The first kappa shape index (κ1) is 20.6. The van der Waals surface area contributed by atoms with Crippen LogP contribution in [-0.4, -0.2) is 50.7 Å². The molecule has 1 atom stereocenters. The molecule has 1 saturated heterocycles. The number of nitrogens with one attached hydrogen (secondary N) is 2. The maximum atomic E-state index is 12.6. The molecule has 4 rings (SSSR count). The summed E-state index contributed by atoms with van der Waals surface area (Å²) in [6.07, 6.45) is 3.58. The Bertz CT molecular complexity index is 1060. The van der Waals surface area contributed by atoms with Crippen molar-refractivity contribution in [3.63, 3.8) is 0 Å². The fourth-order valence-corrected chi connectivity index (χ4v) is 5.02. The first-order chi connectivity index (χ1) is 14.4. The minimum absolute atomic E-state index is 0.181. The van der Waals surface area contributed by atoms with Crippen LogP contribution in [0.3, 0.4) is 0 Å². The number of nitrogens with zero attached hydrogens (tertiary/aromatic N) is 2. The standard InChI is InChI=1S/C22H26N4O3S/c1-16(23-21-19-6-2-3-7-20(19)30(28,29)25-21)22(27)24-18-10-8-17(9-11-18)12-15-26-13-4-5-14-26/h2-3,6-11,16H,4-5,12-15H2,1H3,(H,23,25)(H,24,27)/t16-/m0/s1. The second kappa shape index (κ2) is 8.57. The molecule has 158 valence electrons. The van der Waals surface area contributed by atoms with Gasteiger partial charge in [0.2, 0.25) is 5.91 Å². The van der Waals surface area contributed by atoms with E-state index in [4.69, 9.17) is 0 Å². The highest BCUT2D eigenvalue weighted by molar-refractivity contribution is 7.90.